The van der Waals surface area contributed by atoms with Crippen LogP contribution < -0.4 is 4.74 Å². The molecule has 0 bridgehead atoms. The second kappa shape index (κ2) is 10.1. The highest BCUT2D eigenvalue weighted by atomic mass is 16.5. The van der Waals surface area contributed by atoms with Crippen molar-refractivity contribution in [2.45, 2.75) is 64.5 Å². The third kappa shape index (κ3) is 5.60. The van der Waals surface area contributed by atoms with Crippen molar-refractivity contribution < 1.29 is 9.53 Å². The van der Waals surface area contributed by atoms with Gasteiger partial charge >= 0.3 is 0 Å². The number of nitrogens with zero attached hydrogens (tertiary/aromatic N) is 2. The molecule has 1 aliphatic carbocycles. The Hall–Kier alpha value is -2.80. The Morgan fingerprint density at radius 3 is 2.59 bits per heavy atom. The van der Waals surface area contributed by atoms with Crippen molar-refractivity contribution in [3.05, 3.63) is 65.2 Å². The molecule has 0 spiro atoms. The van der Waals surface area contributed by atoms with E-state index in [9.17, 15) is 4.79 Å². The SMILES string of the molecule is CCN(C(=O)CCc1cccc(OC2CCCC2)c1)C(C)c1ccc(C#N)cc1. The second-order valence-corrected chi connectivity index (χ2v) is 7.76. The van der Waals surface area contributed by atoms with E-state index in [1.807, 2.05) is 43.0 Å². The van der Waals surface area contributed by atoms with Crippen LogP contribution in [0, 0.1) is 11.3 Å². The van der Waals surface area contributed by atoms with Crippen LogP contribution in [0.25, 0.3) is 0 Å². The maximum Gasteiger partial charge on any atom is 0.223 e. The fourth-order valence-electron chi connectivity index (χ4n) is 4.05. The summed E-state index contributed by atoms with van der Waals surface area (Å²) in [6.45, 7) is 4.71. The summed E-state index contributed by atoms with van der Waals surface area (Å²) < 4.78 is 6.09. The summed E-state index contributed by atoms with van der Waals surface area (Å²) in [7, 11) is 0. The molecule has 2 aromatic carbocycles. The smallest absolute Gasteiger partial charge is 0.223 e. The standard InChI is InChI=1S/C25H30N2O2/c1-3-27(19(2)22-14-11-21(18-26)12-15-22)25(28)16-13-20-7-6-10-24(17-20)29-23-8-4-5-9-23/h6-7,10-12,14-15,17,19,23H,3-5,8-9,13,16H2,1-2H3. The zero-order valence-corrected chi connectivity index (χ0v) is 17.4. The van der Waals surface area contributed by atoms with Gasteiger partial charge in [-0.15, -0.1) is 0 Å². The summed E-state index contributed by atoms with van der Waals surface area (Å²) in [5, 5.41) is 8.96. The minimum Gasteiger partial charge on any atom is -0.490 e. The summed E-state index contributed by atoms with van der Waals surface area (Å²) in [4.78, 5) is 14.8. The second-order valence-electron chi connectivity index (χ2n) is 7.76. The van der Waals surface area contributed by atoms with Gasteiger partial charge in [0.2, 0.25) is 5.91 Å². The number of nitriles is 1. The van der Waals surface area contributed by atoms with Gasteiger partial charge in [0, 0.05) is 13.0 Å². The average Bonchev–Trinajstić information content (AvgIpc) is 3.26. The third-order valence-corrected chi connectivity index (χ3v) is 5.78. The molecule has 0 heterocycles. The van der Waals surface area contributed by atoms with Crippen LogP contribution in [0.1, 0.15) is 68.7 Å². The molecule has 0 N–H and O–H groups in total. The van der Waals surface area contributed by atoms with E-state index < -0.39 is 0 Å². The molecule has 3 rings (SSSR count). The predicted octanol–water partition coefficient (Wildman–Crippen LogP) is 5.42. The highest BCUT2D eigenvalue weighted by molar-refractivity contribution is 5.77. The molecule has 1 aliphatic rings. The Morgan fingerprint density at radius 2 is 1.93 bits per heavy atom. The molecule has 1 atom stereocenters. The molecular formula is C25H30N2O2. The molecule has 0 radical (unpaired) electrons. The van der Waals surface area contributed by atoms with Crippen molar-refractivity contribution in [1.82, 2.24) is 4.90 Å². The molecule has 1 fully saturated rings. The van der Waals surface area contributed by atoms with Crippen LogP contribution in [0.5, 0.6) is 5.75 Å². The number of ether oxygens (including phenoxy) is 1. The first-order valence-electron chi connectivity index (χ1n) is 10.7. The number of carbonyl (C=O) groups excluding carboxylic acids is 1. The molecule has 152 valence electrons. The Bertz CT molecular complexity index is 848. The van der Waals surface area contributed by atoms with Gasteiger partial charge in [-0.05, 0) is 81.3 Å². The minimum absolute atomic E-state index is 0.0164. The van der Waals surface area contributed by atoms with Crippen molar-refractivity contribution in [2.24, 2.45) is 0 Å². The van der Waals surface area contributed by atoms with Crippen LogP contribution >= 0.6 is 0 Å². The zero-order chi connectivity index (χ0) is 20.6. The van der Waals surface area contributed by atoms with Crippen LogP contribution in [0.2, 0.25) is 0 Å². The average molecular weight is 391 g/mol. The van der Waals surface area contributed by atoms with Gasteiger partial charge in [0.25, 0.3) is 0 Å². The summed E-state index contributed by atoms with van der Waals surface area (Å²) >= 11 is 0. The molecule has 1 saturated carbocycles. The van der Waals surface area contributed by atoms with Crippen LogP contribution in [0.15, 0.2) is 48.5 Å². The summed E-state index contributed by atoms with van der Waals surface area (Å²) in [5.74, 6) is 1.06. The molecule has 4 heteroatoms. The third-order valence-electron chi connectivity index (χ3n) is 5.78. The number of amides is 1. The first-order valence-corrected chi connectivity index (χ1v) is 10.7. The lowest BCUT2D eigenvalue weighted by atomic mass is 10.0. The van der Waals surface area contributed by atoms with E-state index in [-0.39, 0.29) is 11.9 Å². The molecule has 0 aliphatic heterocycles. The topological polar surface area (TPSA) is 53.3 Å². The zero-order valence-electron chi connectivity index (χ0n) is 17.4. The van der Waals surface area contributed by atoms with Crippen LogP contribution in [-0.2, 0) is 11.2 Å². The van der Waals surface area contributed by atoms with Gasteiger partial charge in [-0.1, -0.05) is 24.3 Å². The molecule has 1 amide bonds. The normalized spacial score (nSPS) is 14.9. The molecular weight excluding hydrogens is 360 g/mol. The number of hydrogen-bond acceptors (Lipinski definition) is 3. The van der Waals surface area contributed by atoms with E-state index >= 15 is 0 Å². The van der Waals surface area contributed by atoms with Crippen molar-refractivity contribution in [1.29, 1.82) is 5.26 Å². The van der Waals surface area contributed by atoms with Crippen molar-refractivity contribution in [2.75, 3.05) is 6.54 Å². The van der Waals surface area contributed by atoms with E-state index in [0.29, 0.717) is 31.1 Å². The Kier molecular flexibility index (Phi) is 7.30. The molecule has 2 aromatic rings. The molecule has 0 saturated heterocycles. The van der Waals surface area contributed by atoms with Crippen LogP contribution in [0.3, 0.4) is 0 Å². The molecule has 0 aromatic heterocycles. The van der Waals surface area contributed by atoms with Crippen molar-refractivity contribution >= 4 is 5.91 Å². The van der Waals surface area contributed by atoms with Gasteiger partial charge in [-0.3, -0.25) is 4.79 Å². The summed E-state index contributed by atoms with van der Waals surface area (Å²) in [5.41, 5.74) is 2.82. The van der Waals surface area contributed by atoms with Gasteiger partial charge in [0.15, 0.2) is 0 Å². The fraction of sp³-hybridized carbons (Fsp3) is 0.440. The van der Waals surface area contributed by atoms with E-state index in [4.69, 9.17) is 10.00 Å². The lowest BCUT2D eigenvalue weighted by molar-refractivity contribution is -0.133. The maximum atomic E-state index is 12.9. The van der Waals surface area contributed by atoms with Crippen molar-refractivity contribution in [3.8, 4) is 11.8 Å². The number of hydrogen-bond donors (Lipinski definition) is 0. The predicted molar refractivity (Wildman–Crippen MR) is 115 cm³/mol. The van der Waals surface area contributed by atoms with Gasteiger partial charge in [-0.2, -0.15) is 5.26 Å². The van der Waals surface area contributed by atoms with Crippen LogP contribution in [0.4, 0.5) is 0 Å². The maximum absolute atomic E-state index is 12.9. The van der Waals surface area contributed by atoms with E-state index in [0.717, 1.165) is 29.7 Å². The van der Waals surface area contributed by atoms with Gasteiger partial charge in [-0.25, -0.2) is 0 Å². The minimum atomic E-state index is -0.0164. The monoisotopic (exact) mass is 390 g/mol. The van der Waals surface area contributed by atoms with Gasteiger partial charge < -0.3 is 9.64 Å². The van der Waals surface area contributed by atoms with Crippen molar-refractivity contribution in [3.63, 3.8) is 0 Å². The summed E-state index contributed by atoms with van der Waals surface area (Å²) in [6.07, 6.45) is 6.31. The Labute approximate surface area is 174 Å². The number of aryl methyl sites for hydroxylation is 1. The van der Waals surface area contributed by atoms with Gasteiger partial charge in [0.1, 0.15) is 5.75 Å². The number of benzene rings is 2. The first kappa shape index (κ1) is 20.9. The Balaban J connectivity index is 1.58. The van der Waals surface area contributed by atoms with E-state index in [1.165, 1.54) is 12.8 Å². The van der Waals surface area contributed by atoms with E-state index in [2.05, 4.69) is 18.2 Å². The number of carbonyl (C=O) groups is 1. The molecule has 4 nitrogen and oxygen atoms in total. The molecule has 29 heavy (non-hydrogen) atoms. The van der Waals surface area contributed by atoms with E-state index in [1.54, 1.807) is 12.1 Å². The fourth-order valence-corrected chi connectivity index (χ4v) is 4.05. The first-order chi connectivity index (χ1) is 14.1. The highest BCUT2D eigenvalue weighted by Crippen LogP contribution is 2.25. The lowest BCUT2D eigenvalue weighted by Gasteiger charge is -2.28. The quantitative estimate of drug-likeness (QED) is 0.604. The lowest BCUT2D eigenvalue weighted by Crippen LogP contribution is -2.33. The Morgan fingerprint density at radius 1 is 1.21 bits per heavy atom. The highest BCUT2D eigenvalue weighted by Gasteiger charge is 2.20. The largest absolute Gasteiger partial charge is 0.490 e. The van der Waals surface area contributed by atoms with Gasteiger partial charge in [0.05, 0.1) is 23.8 Å². The summed E-state index contributed by atoms with van der Waals surface area (Å²) in [6, 6.07) is 17.8. The van der Waals surface area contributed by atoms with Crippen LogP contribution in [-0.4, -0.2) is 23.5 Å². The number of rotatable bonds is 8. The molecule has 1 unspecified atom stereocenters.